The van der Waals surface area contributed by atoms with Gasteiger partial charge in [0.1, 0.15) is 23.2 Å². The maximum absolute atomic E-state index is 13.8. The summed E-state index contributed by atoms with van der Waals surface area (Å²) in [5.41, 5.74) is -0.503. The van der Waals surface area contributed by atoms with Crippen molar-refractivity contribution >= 4 is 6.29 Å². The van der Waals surface area contributed by atoms with E-state index in [2.05, 4.69) is 0 Å². The number of ether oxygens (including phenoxy) is 1. The third kappa shape index (κ3) is 2.45. The Morgan fingerprint density at radius 1 is 1.00 bits per heavy atom. The molecule has 0 saturated heterocycles. The van der Waals surface area contributed by atoms with E-state index >= 15 is 0 Å². The zero-order chi connectivity index (χ0) is 14.0. The van der Waals surface area contributed by atoms with Crippen LogP contribution in [0.4, 0.5) is 13.2 Å². The van der Waals surface area contributed by atoms with Gasteiger partial charge < -0.3 is 4.74 Å². The van der Waals surface area contributed by atoms with Gasteiger partial charge in [-0.3, -0.25) is 4.79 Å². The quantitative estimate of drug-likeness (QED) is 0.793. The smallest absolute Gasteiger partial charge is 0.153 e. The summed E-state index contributed by atoms with van der Waals surface area (Å²) in [6, 6.07) is 5.32. The van der Waals surface area contributed by atoms with E-state index in [-0.39, 0.29) is 28.7 Å². The van der Waals surface area contributed by atoms with E-state index in [1.165, 1.54) is 13.2 Å². The van der Waals surface area contributed by atoms with Crippen LogP contribution in [-0.2, 0) is 0 Å². The average Bonchev–Trinajstić information content (AvgIpc) is 2.39. The molecule has 0 amide bonds. The molecule has 0 aromatic heterocycles. The molecule has 0 radical (unpaired) electrons. The van der Waals surface area contributed by atoms with Crippen molar-refractivity contribution < 1.29 is 22.7 Å². The fourth-order valence-corrected chi connectivity index (χ4v) is 1.73. The van der Waals surface area contributed by atoms with Crippen LogP contribution in [0.3, 0.4) is 0 Å². The van der Waals surface area contributed by atoms with Gasteiger partial charge in [0, 0.05) is 12.1 Å². The minimum absolute atomic E-state index is 0.0384. The second-order valence-corrected chi connectivity index (χ2v) is 3.82. The van der Waals surface area contributed by atoms with Gasteiger partial charge in [-0.05, 0) is 17.7 Å². The maximum Gasteiger partial charge on any atom is 0.153 e. The molecule has 0 fully saturated rings. The first kappa shape index (κ1) is 13.1. The number of carbonyl (C=O) groups excluding carboxylic acids is 1. The van der Waals surface area contributed by atoms with E-state index in [4.69, 9.17) is 4.74 Å². The van der Waals surface area contributed by atoms with Crippen molar-refractivity contribution in [2.75, 3.05) is 7.11 Å². The Labute approximate surface area is 107 Å². The van der Waals surface area contributed by atoms with E-state index in [0.29, 0.717) is 0 Å². The van der Waals surface area contributed by atoms with Crippen LogP contribution in [0, 0.1) is 17.5 Å². The number of aldehydes is 1. The minimum atomic E-state index is -0.847. The summed E-state index contributed by atoms with van der Waals surface area (Å²) in [4.78, 5) is 10.6. The summed E-state index contributed by atoms with van der Waals surface area (Å²) in [6.45, 7) is 0. The molecule has 0 unspecified atom stereocenters. The van der Waals surface area contributed by atoms with Crippen LogP contribution < -0.4 is 4.74 Å². The fraction of sp³-hybridized carbons (Fsp3) is 0.0714. The first-order chi connectivity index (χ1) is 9.06. The number of rotatable bonds is 3. The van der Waals surface area contributed by atoms with Gasteiger partial charge in [0.2, 0.25) is 0 Å². The van der Waals surface area contributed by atoms with Gasteiger partial charge in [-0.15, -0.1) is 0 Å². The predicted octanol–water partition coefficient (Wildman–Crippen LogP) is 3.59. The number of carbonyl (C=O) groups is 1. The zero-order valence-corrected chi connectivity index (χ0v) is 9.91. The SMILES string of the molecule is COc1cc(F)c(-c2ccc(F)c(C=O)c2)c(F)c1. The molecule has 2 aromatic carbocycles. The molecule has 19 heavy (non-hydrogen) atoms. The Hall–Kier alpha value is -2.30. The van der Waals surface area contributed by atoms with Crippen LogP contribution in [0.1, 0.15) is 10.4 Å². The van der Waals surface area contributed by atoms with Crippen LogP contribution in [0.5, 0.6) is 5.75 Å². The molecule has 0 saturated carbocycles. The first-order valence-electron chi connectivity index (χ1n) is 5.35. The van der Waals surface area contributed by atoms with Crippen molar-refractivity contribution in [3.8, 4) is 16.9 Å². The maximum atomic E-state index is 13.8. The lowest BCUT2D eigenvalue weighted by Crippen LogP contribution is -1.95. The number of methoxy groups -OCH3 is 1. The van der Waals surface area contributed by atoms with E-state index in [0.717, 1.165) is 24.3 Å². The highest BCUT2D eigenvalue weighted by atomic mass is 19.1. The Morgan fingerprint density at radius 3 is 2.16 bits per heavy atom. The summed E-state index contributed by atoms with van der Waals surface area (Å²) < 4.78 is 45.5. The van der Waals surface area contributed by atoms with E-state index in [9.17, 15) is 18.0 Å². The zero-order valence-electron chi connectivity index (χ0n) is 9.91. The highest BCUT2D eigenvalue weighted by Crippen LogP contribution is 2.30. The monoisotopic (exact) mass is 266 g/mol. The molecular weight excluding hydrogens is 257 g/mol. The molecule has 0 heterocycles. The Bertz CT molecular complexity index is 616. The molecule has 0 atom stereocenters. The van der Waals surface area contributed by atoms with E-state index in [1.807, 2.05) is 0 Å². The molecule has 0 spiro atoms. The molecular formula is C14H9F3O2. The summed E-state index contributed by atoms with van der Waals surface area (Å²) in [6.07, 6.45) is 0.290. The minimum Gasteiger partial charge on any atom is -0.497 e. The third-order valence-electron chi connectivity index (χ3n) is 2.66. The van der Waals surface area contributed by atoms with Gasteiger partial charge >= 0.3 is 0 Å². The largest absolute Gasteiger partial charge is 0.497 e. The lowest BCUT2D eigenvalue weighted by molar-refractivity contribution is 0.112. The molecule has 98 valence electrons. The first-order valence-corrected chi connectivity index (χ1v) is 5.35. The van der Waals surface area contributed by atoms with Gasteiger partial charge in [-0.2, -0.15) is 0 Å². The summed E-state index contributed by atoms with van der Waals surface area (Å²) >= 11 is 0. The van der Waals surface area contributed by atoms with Crippen LogP contribution in [0.2, 0.25) is 0 Å². The van der Waals surface area contributed by atoms with E-state index < -0.39 is 17.5 Å². The Kier molecular flexibility index (Phi) is 3.55. The second kappa shape index (κ2) is 5.14. The van der Waals surface area contributed by atoms with Crippen molar-refractivity contribution in [1.29, 1.82) is 0 Å². The molecule has 0 aliphatic carbocycles. The number of hydrogen-bond acceptors (Lipinski definition) is 2. The van der Waals surface area contributed by atoms with Crippen LogP contribution in [0.25, 0.3) is 11.1 Å². The van der Waals surface area contributed by atoms with Crippen LogP contribution in [0.15, 0.2) is 30.3 Å². The third-order valence-corrected chi connectivity index (χ3v) is 2.66. The highest BCUT2D eigenvalue weighted by Gasteiger charge is 2.15. The van der Waals surface area contributed by atoms with Gasteiger partial charge in [0.25, 0.3) is 0 Å². The van der Waals surface area contributed by atoms with Gasteiger partial charge in [0.05, 0.1) is 18.2 Å². The van der Waals surface area contributed by atoms with Gasteiger partial charge in [0.15, 0.2) is 6.29 Å². The van der Waals surface area contributed by atoms with Crippen molar-refractivity contribution in [2.24, 2.45) is 0 Å². The van der Waals surface area contributed by atoms with E-state index in [1.54, 1.807) is 0 Å². The Morgan fingerprint density at radius 2 is 1.63 bits per heavy atom. The second-order valence-electron chi connectivity index (χ2n) is 3.82. The number of benzene rings is 2. The van der Waals surface area contributed by atoms with Crippen molar-refractivity contribution in [3.05, 3.63) is 53.3 Å². The van der Waals surface area contributed by atoms with Crippen molar-refractivity contribution in [3.63, 3.8) is 0 Å². The molecule has 2 aromatic rings. The topological polar surface area (TPSA) is 26.3 Å². The molecule has 2 nitrogen and oxygen atoms in total. The van der Waals surface area contributed by atoms with Crippen molar-refractivity contribution in [1.82, 2.24) is 0 Å². The number of hydrogen-bond donors (Lipinski definition) is 0. The van der Waals surface area contributed by atoms with Crippen LogP contribution in [-0.4, -0.2) is 13.4 Å². The number of halogens is 3. The molecule has 5 heteroatoms. The molecule has 0 N–H and O–H groups in total. The fourth-order valence-electron chi connectivity index (χ4n) is 1.73. The molecule has 2 rings (SSSR count). The lowest BCUT2D eigenvalue weighted by atomic mass is 10.0. The molecule has 0 bridgehead atoms. The summed E-state index contributed by atoms with van der Waals surface area (Å²) in [5.74, 6) is -2.40. The lowest BCUT2D eigenvalue weighted by Gasteiger charge is -2.08. The predicted molar refractivity (Wildman–Crippen MR) is 63.7 cm³/mol. The summed E-state index contributed by atoms with van der Waals surface area (Å²) in [5, 5.41) is 0. The normalized spacial score (nSPS) is 10.3. The standard InChI is InChI=1S/C14H9F3O2/c1-19-10-5-12(16)14(13(17)6-10)8-2-3-11(15)9(4-8)7-18/h2-7H,1H3. The Balaban J connectivity index is 2.62. The summed E-state index contributed by atoms with van der Waals surface area (Å²) in [7, 11) is 1.29. The average molecular weight is 266 g/mol. The van der Waals surface area contributed by atoms with Gasteiger partial charge in [-0.25, -0.2) is 13.2 Å². The molecule has 0 aliphatic heterocycles. The highest BCUT2D eigenvalue weighted by molar-refractivity contribution is 5.79. The van der Waals surface area contributed by atoms with Gasteiger partial charge in [-0.1, -0.05) is 6.07 Å². The van der Waals surface area contributed by atoms with Crippen LogP contribution >= 0.6 is 0 Å². The molecule has 0 aliphatic rings. The van der Waals surface area contributed by atoms with Crippen molar-refractivity contribution in [2.45, 2.75) is 0 Å².